The maximum absolute atomic E-state index is 5.96. The molecule has 1 fully saturated rings. The number of benzene rings is 2. The lowest BCUT2D eigenvalue weighted by atomic mass is 10.0. The number of morpholine rings is 1. The monoisotopic (exact) mass is 340 g/mol. The SMILES string of the molecule is Cc1ccc(-c2ccc(CN3CCOCC3)cc2)c(OCCCN)c1. The smallest absolute Gasteiger partial charge is 0.127 e. The topological polar surface area (TPSA) is 47.7 Å². The van der Waals surface area contributed by atoms with Gasteiger partial charge in [-0.25, -0.2) is 0 Å². The highest BCUT2D eigenvalue weighted by Gasteiger charge is 2.11. The molecule has 0 atom stereocenters. The number of nitrogens with zero attached hydrogens (tertiary/aromatic N) is 1. The zero-order valence-electron chi connectivity index (χ0n) is 15.0. The van der Waals surface area contributed by atoms with E-state index in [1.807, 2.05) is 0 Å². The van der Waals surface area contributed by atoms with E-state index in [1.165, 1.54) is 16.7 Å². The van der Waals surface area contributed by atoms with Crippen LogP contribution >= 0.6 is 0 Å². The van der Waals surface area contributed by atoms with E-state index in [2.05, 4.69) is 54.3 Å². The van der Waals surface area contributed by atoms with Crippen LogP contribution in [-0.2, 0) is 11.3 Å². The van der Waals surface area contributed by atoms with Crippen molar-refractivity contribution in [2.45, 2.75) is 19.9 Å². The number of rotatable bonds is 7. The molecular weight excluding hydrogens is 312 g/mol. The second kappa shape index (κ2) is 8.99. The van der Waals surface area contributed by atoms with Gasteiger partial charge in [-0.3, -0.25) is 4.90 Å². The van der Waals surface area contributed by atoms with Gasteiger partial charge in [0.2, 0.25) is 0 Å². The van der Waals surface area contributed by atoms with Crippen molar-refractivity contribution in [1.29, 1.82) is 0 Å². The van der Waals surface area contributed by atoms with Gasteiger partial charge < -0.3 is 15.2 Å². The number of aryl methyl sites for hydroxylation is 1. The van der Waals surface area contributed by atoms with Gasteiger partial charge in [-0.15, -0.1) is 0 Å². The van der Waals surface area contributed by atoms with Crippen LogP contribution in [0.15, 0.2) is 42.5 Å². The fourth-order valence-electron chi connectivity index (χ4n) is 3.06. The molecule has 1 aliphatic heterocycles. The van der Waals surface area contributed by atoms with Gasteiger partial charge >= 0.3 is 0 Å². The van der Waals surface area contributed by atoms with Crippen molar-refractivity contribution in [3.63, 3.8) is 0 Å². The predicted octanol–water partition coefficient (Wildman–Crippen LogP) is 3.22. The van der Waals surface area contributed by atoms with E-state index in [-0.39, 0.29) is 0 Å². The third-order valence-corrected chi connectivity index (χ3v) is 4.52. The summed E-state index contributed by atoms with van der Waals surface area (Å²) < 4.78 is 11.4. The number of hydrogen-bond acceptors (Lipinski definition) is 4. The fourth-order valence-corrected chi connectivity index (χ4v) is 3.06. The standard InChI is InChI=1S/C21H28N2O2/c1-17-3-8-20(21(15-17)25-12-2-9-22)19-6-4-18(5-7-19)16-23-10-13-24-14-11-23/h3-8,15H,2,9-14,16,22H2,1H3. The zero-order chi connectivity index (χ0) is 17.5. The summed E-state index contributed by atoms with van der Waals surface area (Å²) in [4.78, 5) is 2.44. The molecule has 4 nitrogen and oxygen atoms in total. The molecular formula is C21H28N2O2. The first-order chi connectivity index (χ1) is 12.3. The Morgan fingerprint density at radius 3 is 2.56 bits per heavy atom. The molecule has 4 heteroatoms. The average molecular weight is 340 g/mol. The van der Waals surface area contributed by atoms with E-state index >= 15 is 0 Å². The summed E-state index contributed by atoms with van der Waals surface area (Å²) in [6, 6.07) is 15.2. The van der Waals surface area contributed by atoms with Crippen molar-refractivity contribution < 1.29 is 9.47 Å². The van der Waals surface area contributed by atoms with Gasteiger partial charge in [0, 0.05) is 25.2 Å². The molecule has 1 heterocycles. The normalized spacial score (nSPS) is 15.3. The van der Waals surface area contributed by atoms with Crippen LogP contribution in [0.1, 0.15) is 17.5 Å². The number of hydrogen-bond donors (Lipinski definition) is 1. The van der Waals surface area contributed by atoms with Crippen LogP contribution in [0.4, 0.5) is 0 Å². The van der Waals surface area contributed by atoms with E-state index in [4.69, 9.17) is 15.2 Å². The third kappa shape index (κ3) is 5.05. The Balaban J connectivity index is 1.72. The zero-order valence-corrected chi connectivity index (χ0v) is 15.0. The van der Waals surface area contributed by atoms with Crippen LogP contribution in [0.25, 0.3) is 11.1 Å². The lowest BCUT2D eigenvalue weighted by Crippen LogP contribution is -2.35. The first-order valence-electron chi connectivity index (χ1n) is 9.09. The van der Waals surface area contributed by atoms with Crippen molar-refractivity contribution in [2.24, 2.45) is 5.73 Å². The first-order valence-corrected chi connectivity index (χ1v) is 9.09. The Hall–Kier alpha value is -1.88. The lowest BCUT2D eigenvalue weighted by Gasteiger charge is -2.26. The van der Waals surface area contributed by atoms with Crippen LogP contribution < -0.4 is 10.5 Å². The summed E-state index contributed by atoms with van der Waals surface area (Å²) in [6.45, 7) is 8.08. The molecule has 134 valence electrons. The summed E-state index contributed by atoms with van der Waals surface area (Å²) in [5, 5.41) is 0. The van der Waals surface area contributed by atoms with Crippen molar-refractivity contribution in [1.82, 2.24) is 4.90 Å². The van der Waals surface area contributed by atoms with Gasteiger partial charge in [-0.05, 0) is 42.6 Å². The molecule has 0 saturated carbocycles. The molecule has 0 aliphatic carbocycles. The van der Waals surface area contributed by atoms with Crippen LogP contribution in [0.3, 0.4) is 0 Å². The minimum absolute atomic E-state index is 0.650. The predicted molar refractivity (Wildman–Crippen MR) is 102 cm³/mol. The van der Waals surface area contributed by atoms with Crippen LogP contribution in [-0.4, -0.2) is 44.4 Å². The maximum Gasteiger partial charge on any atom is 0.127 e. The summed E-state index contributed by atoms with van der Waals surface area (Å²) in [6.07, 6.45) is 0.867. The van der Waals surface area contributed by atoms with Gasteiger partial charge in [0.15, 0.2) is 0 Å². The van der Waals surface area contributed by atoms with E-state index in [9.17, 15) is 0 Å². The molecule has 0 spiro atoms. The minimum Gasteiger partial charge on any atom is -0.493 e. The summed E-state index contributed by atoms with van der Waals surface area (Å²) in [7, 11) is 0. The fraction of sp³-hybridized carbons (Fsp3) is 0.429. The molecule has 2 aromatic rings. The van der Waals surface area contributed by atoms with Gasteiger partial charge in [0.25, 0.3) is 0 Å². The summed E-state index contributed by atoms with van der Waals surface area (Å²) >= 11 is 0. The Labute approximate surface area is 150 Å². The Bertz CT molecular complexity index is 664. The molecule has 0 amide bonds. The van der Waals surface area contributed by atoms with E-state index in [0.717, 1.165) is 50.6 Å². The second-order valence-electron chi connectivity index (χ2n) is 6.58. The summed E-state index contributed by atoms with van der Waals surface area (Å²) in [5.74, 6) is 0.939. The second-order valence-corrected chi connectivity index (χ2v) is 6.58. The van der Waals surface area contributed by atoms with Crippen molar-refractivity contribution in [3.05, 3.63) is 53.6 Å². The molecule has 25 heavy (non-hydrogen) atoms. The molecule has 1 aliphatic rings. The van der Waals surface area contributed by atoms with Crippen LogP contribution in [0.5, 0.6) is 5.75 Å². The maximum atomic E-state index is 5.96. The van der Waals surface area contributed by atoms with E-state index in [0.29, 0.717) is 13.2 Å². The first kappa shape index (κ1) is 17.9. The third-order valence-electron chi connectivity index (χ3n) is 4.52. The molecule has 3 rings (SSSR count). The quantitative estimate of drug-likeness (QED) is 0.786. The molecule has 2 N–H and O–H groups in total. The Kier molecular flexibility index (Phi) is 6.45. The van der Waals surface area contributed by atoms with Crippen molar-refractivity contribution >= 4 is 0 Å². The number of ether oxygens (including phenoxy) is 2. The van der Waals surface area contributed by atoms with E-state index in [1.54, 1.807) is 0 Å². The summed E-state index contributed by atoms with van der Waals surface area (Å²) in [5.41, 5.74) is 10.4. The highest BCUT2D eigenvalue weighted by Crippen LogP contribution is 2.31. The van der Waals surface area contributed by atoms with Crippen molar-refractivity contribution in [3.8, 4) is 16.9 Å². The largest absolute Gasteiger partial charge is 0.493 e. The van der Waals surface area contributed by atoms with E-state index < -0.39 is 0 Å². The van der Waals surface area contributed by atoms with Gasteiger partial charge in [0.1, 0.15) is 5.75 Å². The van der Waals surface area contributed by atoms with Gasteiger partial charge in [-0.1, -0.05) is 36.4 Å². The highest BCUT2D eigenvalue weighted by molar-refractivity contribution is 5.71. The minimum atomic E-state index is 0.650. The van der Waals surface area contributed by atoms with Gasteiger partial charge in [0.05, 0.1) is 19.8 Å². The molecule has 2 aromatic carbocycles. The molecule has 0 aromatic heterocycles. The van der Waals surface area contributed by atoms with Crippen LogP contribution in [0, 0.1) is 6.92 Å². The molecule has 1 saturated heterocycles. The lowest BCUT2D eigenvalue weighted by molar-refractivity contribution is 0.0342. The average Bonchev–Trinajstić information content (AvgIpc) is 2.64. The Morgan fingerprint density at radius 2 is 1.84 bits per heavy atom. The van der Waals surface area contributed by atoms with Crippen LogP contribution in [0.2, 0.25) is 0 Å². The molecule has 0 radical (unpaired) electrons. The van der Waals surface area contributed by atoms with Gasteiger partial charge in [-0.2, -0.15) is 0 Å². The highest BCUT2D eigenvalue weighted by atomic mass is 16.5. The van der Waals surface area contributed by atoms with Crippen molar-refractivity contribution in [2.75, 3.05) is 39.5 Å². The Morgan fingerprint density at radius 1 is 1.08 bits per heavy atom. The molecule has 0 unspecified atom stereocenters. The number of nitrogens with two attached hydrogens (primary N) is 1. The molecule has 0 bridgehead atoms.